The number of halogens is 2. The lowest BCUT2D eigenvalue weighted by atomic mass is 9.89. The molecule has 3 rings (SSSR count). The Balaban J connectivity index is 1.56. The third-order valence-corrected chi connectivity index (χ3v) is 5.77. The molecule has 2 aromatic rings. The average molecular weight is 418 g/mol. The van der Waals surface area contributed by atoms with Gasteiger partial charge in [0.05, 0.1) is 17.2 Å². The van der Waals surface area contributed by atoms with Crippen molar-refractivity contribution in [1.82, 2.24) is 4.90 Å². The van der Waals surface area contributed by atoms with E-state index >= 15 is 0 Å². The minimum Gasteiger partial charge on any atom is -0.497 e. The first-order valence-electron chi connectivity index (χ1n) is 9.09. The predicted molar refractivity (Wildman–Crippen MR) is 112 cm³/mol. The first-order chi connectivity index (χ1) is 13.5. The molecule has 6 heteroatoms. The Labute approximate surface area is 174 Å². The van der Waals surface area contributed by atoms with Crippen molar-refractivity contribution < 1.29 is 14.3 Å². The predicted octanol–water partition coefficient (Wildman–Crippen LogP) is 5.14. The van der Waals surface area contributed by atoms with Gasteiger partial charge in [0.2, 0.25) is 5.91 Å². The SMILES string of the molecule is COc1ccc(C(=O)C2CCN(C(=O)C=Cc3cccc(Cl)c3Cl)CC2)cc1. The third-order valence-electron chi connectivity index (χ3n) is 4.94. The molecule has 1 heterocycles. The first-order valence-corrected chi connectivity index (χ1v) is 9.84. The highest BCUT2D eigenvalue weighted by Gasteiger charge is 2.27. The van der Waals surface area contributed by atoms with Gasteiger partial charge in [-0.05, 0) is 54.8 Å². The van der Waals surface area contributed by atoms with Crippen LogP contribution in [0.1, 0.15) is 28.8 Å². The lowest BCUT2D eigenvalue weighted by Gasteiger charge is -2.30. The van der Waals surface area contributed by atoms with Crippen molar-refractivity contribution in [2.75, 3.05) is 20.2 Å². The Morgan fingerprint density at radius 1 is 1.07 bits per heavy atom. The van der Waals surface area contributed by atoms with Crippen molar-refractivity contribution in [3.63, 3.8) is 0 Å². The number of hydrogen-bond donors (Lipinski definition) is 0. The van der Waals surface area contributed by atoms with Crippen LogP contribution in [0.4, 0.5) is 0 Å². The summed E-state index contributed by atoms with van der Waals surface area (Å²) in [5, 5.41) is 0.881. The van der Waals surface area contributed by atoms with Crippen LogP contribution in [0.2, 0.25) is 10.0 Å². The highest BCUT2D eigenvalue weighted by atomic mass is 35.5. The van der Waals surface area contributed by atoms with Crippen LogP contribution in [0.5, 0.6) is 5.75 Å². The maximum Gasteiger partial charge on any atom is 0.246 e. The minimum absolute atomic E-state index is 0.0659. The zero-order valence-electron chi connectivity index (χ0n) is 15.5. The normalized spacial score (nSPS) is 15.0. The summed E-state index contributed by atoms with van der Waals surface area (Å²) in [4.78, 5) is 26.9. The molecule has 1 amide bonds. The molecule has 1 aliphatic rings. The third kappa shape index (κ3) is 4.75. The van der Waals surface area contributed by atoms with E-state index in [2.05, 4.69) is 0 Å². The summed E-state index contributed by atoms with van der Waals surface area (Å²) >= 11 is 12.1. The standard InChI is InChI=1S/C22H21Cl2NO3/c1-28-18-8-5-16(6-9-18)22(27)17-11-13-25(14-12-17)20(26)10-7-15-3-2-4-19(23)21(15)24/h2-10,17H,11-14H2,1H3. The molecule has 1 fully saturated rings. The van der Waals surface area contributed by atoms with Crippen LogP contribution in [0.15, 0.2) is 48.5 Å². The molecule has 0 atom stereocenters. The summed E-state index contributed by atoms with van der Waals surface area (Å²) in [6.45, 7) is 1.11. The summed E-state index contributed by atoms with van der Waals surface area (Å²) in [5.74, 6) is 0.690. The second kappa shape index (κ2) is 9.26. The quantitative estimate of drug-likeness (QED) is 0.499. The Hall–Kier alpha value is -2.30. The molecule has 0 bridgehead atoms. The van der Waals surface area contributed by atoms with Gasteiger partial charge in [0.15, 0.2) is 5.78 Å². The van der Waals surface area contributed by atoms with Crippen LogP contribution >= 0.6 is 23.2 Å². The smallest absolute Gasteiger partial charge is 0.246 e. The van der Waals surface area contributed by atoms with E-state index in [1.807, 2.05) is 0 Å². The number of likely N-dealkylation sites (tertiary alicyclic amines) is 1. The number of carbonyl (C=O) groups is 2. The molecule has 0 saturated carbocycles. The Bertz CT molecular complexity index is 885. The van der Waals surface area contributed by atoms with Gasteiger partial charge in [-0.15, -0.1) is 0 Å². The summed E-state index contributed by atoms with van der Waals surface area (Å²) in [6, 6.07) is 12.4. The largest absolute Gasteiger partial charge is 0.497 e. The molecular formula is C22H21Cl2NO3. The van der Waals surface area contributed by atoms with Crippen LogP contribution in [0.25, 0.3) is 6.08 Å². The summed E-state index contributed by atoms with van der Waals surface area (Å²) < 4.78 is 5.13. The Kier molecular flexibility index (Phi) is 6.76. The summed E-state index contributed by atoms with van der Waals surface area (Å²) in [5.41, 5.74) is 1.38. The van der Waals surface area contributed by atoms with Gasteiger partial charge in [-0.3, -0.25) is 9.59 Å². The molecule has 146 valence electrons. The number of rotatable bonds is 5. The number of amides is 1. The molecule has 28 heavy (non-hydrogen) atoms. The molecule has 0 aromatic heterocycles. The Morgan fingerprint density at radius 3 is 2.39 bits per heavy atom. The van der Waals surface area contributed by atoms with Gasteiger partial charge in [-0.25, -0.2) is 0 Å². The van der Waals surface area contributed by atoms with Crippen molar-refractivity contribution in [2.45, 2.75) is 12.8 Å². The van der Waals surface area contributed by atoms with E-state index in [0.29, 0.717) is 47.1 Å². The van der Waals surface area contributed by atoms with Crippen LogP contribution in [0, 0.1) is 5.92 Å². The summed E-state index contributed by atoms with van der Waals surface area (Å²) in [7, 11) is 1.60. The first kappa shape index (κ1) is 20.4. The molecule has 0 unspecified atom stereocenters. The number of carbonyl (C=O) groups excluding carboxylic acids is 2. The second-order valence-corrected chi connectivity index (χ2v) is 7.45. The van der Waals surface area contributed by atoms with E-state index in [9.17, 15) is 9.59 Å². The number of Topliss-reactive ketones (excluding diaryl/α,β-unsaturated/α-hetero) is 1. The highest BCUT2D eigenvalue weighted by Crippen LogP contribution is 2.27. The molecule has 2 aromatic carbocycles. The fourth-order valence-electron chi connectivity index (χ4n) is 3.27. The van der Waals surface area contributed by atoms with E-state index in [1.165, 1.54) is 6.08 Å². The molecule has 0 aliphatic carbocycles. The van der Waals surface area contributed by atoms with Crippen molar-refractivity contribution in [3.05, 3.63) is 69.7 Å². The lowest BCUT2D eigenvalue weighted by Crippen LogP contribution is -2.39. The molecule has 0 N–H and O–H groups in total. The van der Waals surface area contributed by atoms with Gasteiger partial charge in [-0.1, -0.05) is 35.3 Å². The topological polar surface area (TPSA) is 46.6 Å². The lowest BCUT2D eigenvalue weighted by molar-refractivity contribution is -0.127. The van der Waals surface area contributed by atoms with E-state index in [-0.39, 0.29) is 17.6 Å². The molecule has 1 saturated heterocycles. The summed E-state index contributed by atoms with van der Waals surface area (Å²) in [6.07, 6.45) is 4.49. The Morgan fingerprint density at radius 2 is 1.75 bits per heavy atom. The number of nitrogens with zero attached hydrogens (tertiary/aromatic N) is 1. The number of benzene rings is 2. The highest BCUT2D eigenvalue weighted by molar-refractivity contribution is 6.42. The van der Waals surface area contributed by atoms with Crippen molar-refractivity contribution >= 4 is 41.0 Å². The van der Waals surface area contributed by atoms with E-state index < -0.39 is 0 Å². The molecule has 1 aliphatic heterocycles. The number of piperidine rings is 1. The van der Waals surface area contributed by atoms with Crippen molar-refractivity contribution in [2.24, 2.45) is 5.92 Å². The van der Waals surface area contributed by atoms with E-state index in [0.717, 1.165) is 5.75 Å². The molecule has 4 nitrogen and oxygen atoms in total. The fourth-order valence-corrected chi connectivity index (χ4v) is 3.64. The monoisotopic (exact) mass is 417 g/mol. The van der Waals surface area contributed by atoms with Gasteiger partial charge in [0, 0.05) is 30.6 Å². The van der Waals surface area contributed by atoms with Gasteiger partial charge in [-0.2, -0.15) is 0 Å². The number of hydrogen-bond acceptors (Lipinski definition) is 3. The van der Waals surface area contributed by atoms with Crippen molar-refractivity contribution in [1.29, 1.82) is 0 Å². The number of methoxy groups -OCH3 is 1. The van der Waals surface area contributed by atoms with Crippen LogP contribution in [-0.4, -0.2) is 36.8 Å². The van der Waals surface area contributed by atoms with Crippen LogP contribution in [0.3, 0.4) is 0 Å². The maximum absolute atomic E-state index is 12.7. The fraction of sp³-hybridized carbons (Fsp3) is 0.273. The van der Waals surface area contributed by atoms with Gasteiger partial charge < -0.3 is 9.64 Å². The zero-order valence-corrected chi connectivity index (χ0v) is 17.0. The van der Waals surface area contributed by atoms with E-state index in [1.54, 1.807) is 60.6 Å². The molecule has 0 radical (unpaired) electrons. The zero-order chi connectivity index (χ0) is 20.1. The van der Waals surface area contributed by atoms with Gasteiger partial charge >= 0.3 is 0 Å². The molecule has 0 spiro atoms. The van der Waals surface area contributed by atoms with Crippen molar-refractivity contribution in [3.8, 4) is 5.75 Å². The average Bonchev–Trinajstić information content (AvgIpc) is 2.74. The second-order valence-electron chi connectivity index (χ2n) is 6.67. The van der Waals surface area contributed by atoms with Gasteiger partial charge in [0.25, 0.3) is 0 Å². The van der Waals surface area contributed by atoms with E-state index in [4.69, 9.17) is 27.9 Å². The minimum atomic E-state index is -0.0913. The van der Waals surface area contributed by atoms with Crippen LogP contribution in [-0.2, 0) is 4.79 Å². The number of ketones is 1. The maximum atomic E-state index is 12.7. The molecular weight excluding hydrogens is 397 g/mol. The van der Waals surface area contributed by atoms with Gasteiger partial charge in [0.1, 0.15) is 5.75 Å². The number of ether oxygens (including phenoxy) is 1. The van der Waals surface area contributed by atoms with Crippen LogP contribution < -0.4 is 4.74 Å².